The van der Waals surface area contributed by atoms with Crippen molar-refractivity contribution in [3.05, 3.63) is 42.2 Å². The van der Waals surface area contributed by atoms with E-state index in [-0.39, 0.29) is 0 Å². The highest BCUT2D eigenvalue weighted by Gasteiger charge is 2.36. The smallest absolute Gasteiger partial charge is 0.0971 e. The molecule has 6 nitrogen and oxygen atoms in total. The molecule has 2 aromatic rings. The van der Waals surface area contributed by atoms with Crippen molar-refractivity contribution in [3.8, 4) is 5.69 Å². The van der Waals surface area contributed by atoms with E-state index in [2.05, 4.69) is 15.2 Å². The standard InChI is InChI=1S/C16H23N5O/c1-19(2)12-16(22)8-9-20(13-16)10-14-11-21(18-17-14)15-6-4-3-5-7-15/h3-7,11,22H,8-10,12-13H2,1-2H3/t16-/m1/s1. The summed E-state index contributed by atoms with van der Waals surface area (Å²) in [6, 6.07) is 9.96. The summed E-state index contributed by atoms with van der Waals surface area (Å²) in [4.78, 5) is 4.28. The average Bonchev–Trinajstić information content (AvgIpc) is 3.07. The number of aliphatic hydroxyl groups is 1. The SMILES string of the molecule is CN(C)C[C@]1(O)CCN(Cc2cn(-c3ccccc3)nn2)C1. The van der Waals surface area contributed by atoms with Crippen LogP contribution in [0.5, 0.6) is 0 Å². The molecule has 1 aliphatic rings. The number of hydrogen-bond donors (Lipinski definition) is 1. The van der Waals surface area contributed by atoms with E-state index < -0.39 is 5.60 Å². The Morgan fingerprint density at radius 3 is 2.77 bits per heavy atom. The van der Waals surface area contributed by atoms with Crippen LogP contribution in [0.1, 0.15) is 12.1 Å². The number of para-hydroxylation sites is 1. The molecular formula is C16H23N5O. The molecule has 1 aliphatic heterocycles. The molecule has 0 saturated carbocycles. The second kappa shape index (κ2) is 6.16. The Morgan fingerprint density at radius 1 is 1.27 bits per heavy atom. The Hall–Kier alpha value is -1.76. The molecule has 1 atom stereocenters. The number of β-amino-alcohol motifs (C(OH)–C–C–N with tert-alkyl or cyclic N) is 1. The van der Waals surface area contributed by atoms with E-state index in [0.29, 0.717) is 13.1 Å². The second-order valence-electron chi connectivity index (χ2n) is 6.41. The third-order valence-electron chi connectivity index (χ3n) is 3.97. The highest BCUT2D eigenvalue weighted by molar-refractivity contribution is 5.29. The average molecular weight is 301 g/mol. The Bertz CT molecular complexity index is 612. The normalized spacial score (nSPS) is 22.5. The molecule has 22 heavy (non-hydrogen) atoms. The van der Waals surface area contributed by atoms with Crippen molar-refractivity contribution < 1.29 is 5.11 Å². The topological polar surface area (TPSA) is 57.4 Å². The number of nitrogens with zero attached hydrogens (tertiary/aromatic N) is 5. The van der Waals surface area contributed by atoms with Gasteiger partial charge in [-0.05, 0) is 32.6 Å². The van der Waals surface area contributed by atoms with Gasteiger partial charge in [0.05, 0.1) is 23.2 Å². The first-order valence-corrected chi connectivity index (χ1v) is 7.60. The molecule has 3 rings (SSSR count). The number of likely N-dealkylation sites (N-methyl/N-ethyl adjacent to an activating group) is 1. The van der Waals surface area contributed by atoms with E-state index >= 15 is 0 Å². The maximum Gasteiger partial charge on any atom is 0.0971 e. The molecule has 6 heteroatoms. The van der Waals surface area contributed by atoms with Crippen LogP contribution in [0.15, 0.2) is 36.5 Å². The van der Waals surface area contributed by atoms with E-state index in [9.17, 15) is 5.11 Å². The molecule has 0 bridgehead atoms. The lowest BCUT2D eigenvalue weighted by Gasteiger charge is -2.26. The van der Waals surface area contributed by atoms with Crippen LogP contribution in [-0.2, 0) is 6.54 Å². The van der Waals surface area contributed by atoms with E-state index in [1.165, 1.54) is 0 Å². The van der Waals surface area contributed by atoms with Gasteiger partial charge in [-0.2, -0.15) is 0 Å². The zero-order valence-corrected chi connectivity index (χ0v) is 13.2. The van der Waals surface area contributed by atoms with Gasteiger partial charge < -0.3 is 10.0 Å². The molecule has 1 aromatic carbocycles. The first-order valence-electron chi connectivity index (χ1n) is 7.60. The summed E-state index contributed by atoms with van der Waals surface area (Å²) in [6.07, 6.45) is 2.76. The van der Waals surface area contributed by atoms with Gasteiger partial charge in [0.2, 0.25) is 0 Å². The maximum absolute atomic E-state index is 10.6. The van der Waals surface area contributed by atoms with Crippen LogP contribution in [0.25, 0.3) is 5.69 Å². The minimum Gasteiger partial charge on any atom is -0.387 e. The molecule has 0 aliphatic carbocycles. The summed E-state index contributed by atoms with van der Waals surface area (Å²) in [6.45, 7) is 2.99. The molecular weight excluding hydrogens is 278 g/mol. The molecule has 2 heterocycles. The summed E-state index contributed by atoms with van der Waals surface area (Å²) in [5.74, 6) is 0. The maximum atomic E-state index is 10.6. The van der Waals surface area contributed by atoms with E-state index in [4.69, 9.17) is 0 Å². The van der Waals surface area contributed by atoms with Crippen LogP contribution < -0.4 is 0 Å². The van der Waals surface area contributed by atoms with E-state index in [1.54, 1.807) is 4.68 Å². The predicted octanol–water partition coefficient (Wildman–Crippen LogP) is 0.766. The molecule has 0 radical (unpaired) electrons. The Balaban J connectivity index is 1.62. The number of benzene rings is 1. The largest absolute Gasteiger partial charge is 0.387 e. The van der Waals surface area contributed by atoms with E-state index in [1.807, 2.05) is 55.5 Å². The predicted molar refractivity (Wildman–Crippen MR) is 84.8 cm³/mol. The summed E-state index contributed by atoms with van der Waals surface area (Å²) in [5.41, 5.74) is 1.32. The van der Waals surface area contributed by atoms with Gasteiger partial charge in [0.15, 0.2) is 0 Å². The summed E-state index contributed by atoms with van der Waals surface area (Å²) in [7, 11) is 3.98. The lowest BCUT2D eigenvalue weighted by molar-refractivity contribution is 0.0239. The summed E-state index contributed by atoms with van der Waals surface area (Å²) >= 11 is 0. The van der Waals surface area contributed by atoms with Crippen molar-refractivity contribution in [1.29, 1.82) is 0 Å². The van der Waals surface area contributed by atoms with Gasteiger partial charge in [0.25, 0.3) is 0 Å². The molecule has 0 amide bonds. The monoisotopic (exact) mass is 301 g/mol. The van der Waals surface area contributed by atoms with Crippen molar-refractivity contribution in [2.24, 2.45) is 0 Å². The molecule has 1 fully saturated rings. The van der Waals surface area contributed by atoms with Gasteiger partial charge >= 0.3 is 0 Å². The van der Waals surface area contributed by atoms with Gasteiger partial charge in [-0.25, -0.2) is 4.68 Å². The lowest BCUT2D eigenvalue weighted by Crippen LogP contribution is -2.42. The zero-order chi connectivity index (χ0) is 15.6. The van der Waals surface area contributed by atoms with Crippen LogP contribution >= 0.6 is 0 Å². The first-order chi connectivity index (χ1) is 10.5. The highest BCUT2D eigenvalue weighted by Crippen LogP contribution is 2.23. The van der Waals surface area contributed by atoms with Gasteiger partial charge in [-0.1, -0.05) is 23.4 Å². The van der Waals surface area contributed by atoms with Gasteiger partial charge in [-0.3, -0.25) is 4.90 Å². The zero-order valence-electron chi connectivity index (χ0n) is 13.2. The van der Waals surface area contributed by atoms with Gasteiger partial charge in [-0.15, -0.1) is 5.10 Å². The van der Waals surface area contributed by atoms with Crippen molar-refractivity contribution in [3.63, 3.8) is 0 Å². The van der Waals surface area contributed by atoms with Gasteiger partial charge in [0, 0.05) is 26.2 Å². The van der Waals surface area contributed by atoms with Crippen LogP contribution in [0.4, 0.5) is 0 Å². The quantitative estimate of drug-likeness (QED) is 0.884. The minimum absolute atomic E-state index is 0.612. The Morgan fingerprint density at radius 2 is 2.05 bits per heavy atom. The number of hydrogen-bond acceptors (Lipinski definition) is 5. The highest BCUT2D eigenvalue weighted by atomic mass is 16.3. The van der Waals surface area contributed by atoms with Gasteiger partial charge in [0.1, 0.15) is 0 Å². The van der Waals surface area contributed by atoms with Crippen molar-refractivity contribution >= 4 is 0 Å². The molecule has 118 valence electrons. The van der Waals surface area contributed by atoms with Crippen molar-refractivity contribution in [2.75, 3.05) is 33.7 Å². The molecule has 0 unspecified atom stereocenters. The Kier molecular flexibility index (Phi) is 4.24. The fourth-order valence-corrected chi connectivity index (χ4v) is 3.10. The van der Waals surface area contributed by atoms with Crippen LogP contribution in [0.3, 0.4) is 0 Å². The molecule has 0 spiro atoms. The minimum atomic E-state index is -0.612. The molecule has 1 saturated heterocycles. The first kappa shape index (κ1) is 15.1. The summed E-state index contributed by atoms with van der Waals surface area (Å²) in [5, 5.41) is 19.0. The number of aromatic nitrogens is 3. The lowest BCUT2D eigenvalue weighted by atomic mass is 10.0. The van der Waals surface area contributed by atoms with Crippen LogP contribution in [-0.4, -0.2) is 69.2 Å². The summed E-state index contributed by atoms with van der Waals surface area (Å²) < 4.78 is 1.79. The number of likely N-dealkylation sites (tertiary alicyclic amines) is 1. The third-order valence-corrected chi connectivity index (χ3v) is 3.97. The van der Waals surface area contributed by atoms with E-state index in [0.717, 1.165) is 30.9 Å². The third kappa shape index (κ3) is 3.52. The van der Waals surface area contributed by atoms with Crippen LogP contribution in [0, 0.1) is 0 Å². The Labute approximate surface area is 131 Å². The van der Waals surface area contributed by atoms with Crippen molar-refractivity contribution in [2.45, 2.75) is 18.6 Å². The second-order valence-corrected chi connectivity index (χ2v) is 6.41. The molecule has 1 aromatic heterocycles. The van der Waals surface area contributed by atoms with Crippen LogP contribution in [0.2, 0.25) is 0 Å². The van der Waals surface area contributed by atoms with Crippen molar-refractivity contribution in [1.82, 2.24) is 24.8 Å². The fraction of sp³-hybridized carbons (Fsp3) is 0.500. The fourth-order valence-electron chi connectivity index (χ4n) is 3.10. The molecule has 1 N–H and O–H groups in total. The number of rotatable bonds is 5.